The van der Waals surface area contributed by atoms with Crippen molar-refractivity contribution in [3.8, 4) is 23.7 Å². The van der Waals surface area contributed by atoms with Crippen LogP contribution in [0, 0.1) is 23.7 Å². The molecule has 1 fully saturated rings. The number of hydrogen-bond acceptors (Lipinski definition) is 9. The Bertz CT molecular complexity index is 1910. The van der Waals surface area contributed by atoms with E-state index >= 15 is 0 Å². The van der Waals surface area contributed by atoms with E-state index in [9.17, 15) is 9.59 Å². The maximum absolute atomic E-state index is 12.6. The van der Waals surface area contributed by atoms with Crippen LogP contribution >= 0.6 is 0 Å². The Morgan fingerprint density at radius 3 is 1.78 bits per heavy atom. The highest BCUT2D eigenvalue weighted by Crippen LogP contribution is 2.28. The Morgan fingerprint density at radius 1 is 0.655 bits per heavy atom. The van der Waals surface area contributed by atoms with E-state index in [1.807, 2.05) is 121 Å². The highest BCUT2D eigenvalue weighted by molar-refractivity contribution is 5.73. The van der Waals surface area contributed by atoms with Gasteiger partial charge in [-0.25, -0.2) is 4.79 Å². The average Bonchev–Trinajstić information content (AvgIpc) is 3.25. The van der Waals surface area contributed by atoms with E-state index in [1.165, 1.54) is 11.8 Å². The van der Waals surface area contributed by atoms with Crippen LogP contribution in [-0.2, 0) is 64.4 Å². The van der Waals surface area contributed by atoms with Crippen LogP contribution in [0.1, 0.15) is 29.2 Å². The lowest BCUT2D eigenvalue weighted by atomic mass is 9.92. The molecule has 1 aliphatic rings. The standard InChI is InChI=1S/C47H52N2O9/c1-37(50)48-44-42(26-16-7-17-28-52-30-31-53-29-27-49(2)47(51)57-35-41-24-14-6-15-25-41)58-43(36-54-32-38-18-8-3-9-19-38)45(55-33-39-20-10-4-11-21-39)46(44)56-34-40-22-12-5-13-23-40/h3-6,8-15,18-25,42-46H,27-36H2,1-2H3,(H,48,50)/t42-,43-,44+,45+,46-/m1/s1. The number of carbonyl (C=O) groups is 2. The van der Waals surface area contributed by atoms with Crippen molar-refractivity contribution in [2.75, 3.05) is 46.6 Å². The van der Waals surface area contributed by atoms with Crippen LogP contribution in [0.4, 0.5) is 4.79 Å². The topological polar surface area (TPSA) is 114 Å². The van der Waals surface area contributed by atoms with Crippen LogP contribution < -0.4 is 5.32 Å². The molecule has 0 saturated carbocycles. The number of nitrogens with one attached hydrogen (secondary N) is 1. The molecule has 2 amide bonds. The molecule has 0 bridgehead atoms. The summed E-state index contributed by atoms with van der Waals surface area (Å²) in [6.07, 6.45) is -3.06. The summed E-state index contributed by atoms with van der Waals surface area (Å²) in [5.41, 5.74) is 3.91. The number of ether oxygens (including phenoxy) is 7. The Kier molecular flexibility index (Phi) is 18.8. The zero-order chi connectivity index (χ0) is 40.6. The summed E-state index contributed by atoms with van der Waals surface area (Å²) in [5, 5.41) is 3.03. The molecule has 1 saturated heterocycles. The Morgan fingerprint density at radius 2 is 1.19 bits per heavy atom. The largest absolute Gasteiger partial charge is 0.445 e. The van der Waals surface area contributed by atoms with Crippen LogP contribution in [0.15, 0.2) is 121 Å². The molecule has 5 atom stereocenters. The molecule has 58 heavy (non-hydrogen) atoms. The molecule has 4 aromatic rings. The summed E-state index contributed by atoms with van der Waals surface area (Å²) in [6, 6.07) is 38.4. The van der Waals surface area contributed by atoms with Crippen molar-refractivity contribution in [2.45, 2.75) is 63.8 Å². The van der Waals surface area contributed by atoms with Crippen LogP contribution in [0.2, 0.25) is 0 Å². The molecule has 0 unspecified atom stereocenters. The zero-order valence-electron chi connectivity index (χ0n) is 33.1. The van der Waals surface area contributed by atoms with E-state index in [4.69, 9.17) is 33.2 Å². The van der Waals surface area contributed by atoms with Crippen molar-refractivity contribution >= 4 is 12.0 Å². The van der Waals surface area contributed by atoms with Crippen molar-refractivity contribution in [3.05, 3.63) is 144 Å². The fourth-order valence-electron chi connectivity index (χ4n) is 6.04. The third-order valence-electron chi connectivity index (χ3n) is 9.03. The van der Waals surface area contributed by atoms with Gasteiger partial charge in [0.1, 0.15) is 37.6 Å². The van der Waals surface area contributed by atoms with Gasteiger partial charge in [0.25, 0.3) is 0 Å². The highest BCUT2D eigenvalue weighted by Gasteiger charge is 2.47. The van der Waals surface area contributed by atoms with Gasteiger partial charge in [-0.15, -0.1) is 0 Å². The molecule has 5 rings (SSSR count). The third kappa shape index (κ3) is 15.4. The van der Waals surface area contributed by atoms with Crippen molar-refractivity contribution < 1.29 is 42.7 Å². The molecule has 1 heterocycles. The van der Waals surface area contributed by atoms with Crippen molar-refractivity contribution in [1.29, 1.82) is 0 Å². The number of amides is 2. The Hall–Kier alpha value is -5.50. The monoisotopic (exact) mass is 788 g/mol. The van der Waals surface area contributed by atoms with Crippen LogP contribution in [0.25, 0.3) is 0 Å². The molecule has 1 aliphatic heterocycles. The lowest BCUT2D eigenvalue weighted by molar-refractivity contribution is -0.222. The molecule has 0 aromatic heterocycles. The normalized spacial score (nSPS) is 18.5. The minimum Gasteiger partial charge on any atom is -0.445 e. The van der Waals surface area contributed by atoms with Gasteiger partial charge in [-0.1, -0.05) is 133 Å². The van der Waals surface area contributed by atoms with E-state index in [-0.39, 0.29) is 32.3 Å². The second-order valence-electron chi connectivity index (χ2n) is 13.5. The third-order valence-corrected chi connectivity index (χ3v) is 9.03. The lowest BCUT2D eigenvalue weighted by Crippen LogP contribution is -2.65. The van der Waals surface area contributed by atoms with E-state index in [1.54, 1.807) is 7.05 Å². The van der Waals surface area contributed by atoms with E-state index in [2.05, 4.69) is 29.0 Å². The van der Waals surface area contributed by atoms with Crippen molar-refractivity contribution in [2.24, 2.45) is 0 Å². The predicted octanol–water partition coefficient (Wildman–Crippen LogP) is 5.95. The van der Waals surface area contributed by atoms with Crippen LogP contribution in [-0.4, -0.2) is 94.0 Å². The number of rotatable bonds is 20. The van der Waals surface area contributed by atoms with Gasteiger partial charge in [0.2, 0.25) is 5.91 Å². The van der Waals surface area contributed by atoms with Gasteiger partial charge < -0.3 is 43.4 Å². The first-order valence-electron chi connectivity index (χ1n) is 19.4. The minimum absolute atomic E-state index is 0.137. The molecule has 0 aliphatic carbocycles. The van der Waals surface area contributed by atoms with Gasteiger partial charge in [-0.3, -0.25) is 4.79 Å². The molecule has 11 nitrogen and oxygen atoms in total. The summed E-state index contributed by atoms with van der Waals surface area (Å²) in [6.45, 7) is 4.32. The summed E-state index contributed by atoms with van der Waals surface area (Å²) < 4.78 is 42.5. The number of likely N-dealkylation sites (N-methyl/N-ethyl adjacent to an activating group) is 1. The van der Waals surface area contributed by atoms with Crippen molar-refractivity contribution in [1.82, 2.24) is 10.2 Å². The summed E-state index contributed by atoms with van der Waals surface area (Å²) in [7, 11) is 1.66. The van der Waals surface area contributed by atoms with Gasteiger partial charge in [0, 0.05) is 20.5 Å². The quantitative estimate of drug-likeness (QED) is 0.0858. The van der Waals surface area contributed by atoms with Crippen LogP contribution in [0.5, 0.6) is 0 Å². The van der Waals surface area contributed by atoms with Gasteiger partial charge >= 0.3 is 6.09 Å². The number of nitrogens with zero attached hydrogens (tertiary/aromatic N) is 1. The van der Waals surface area contributed by atoms with Crippen molar-refractivity contribution in [3.63, 3.8) is 0 Å². The molecular formula is C47H52N2O9. The van der Waals surface area contributed by atoms with Gasteiger partial charge in [-0.05, 0) is 34.1 Å². The number of carbonyl (C=O) groups excluding carboxylic acids is 2. The minimum atomic E-state index is -0.788. The van der Waals surface area contributed by atoms with Gasteiger partial charge in [-0.2, -0.15) is 0 Å². The summed E-state index contributed by atoms with van der Waals surface area (Å²) in [4.78, 5) is 26.3. The fraction of sp³-hybridized carbons (Fsp3) is 0.362. The highest BCUT2D eigenvalue weighted by atomic mass is 16.6. The van der Waals surface area contributed by atoms with Gasteiger partial charge in [0.05, 0.1) is 52.3 Å². The Labute approximate surface area is 341 Å². The molecule has 1 N–H and O–H groups in total. The number of hydrogen-bond donors (Lipinski definition) is 1. The van der Waals surface area contributed by atoms with Crippen LogP contribution in [0.3, 0.4) is 0 Å². The van der Waals surface area contributed by atoms with E-state index < -0.39 is 36.6 Å². The van der Waals surface area contributed by atoms with E-state index in [0.717, 1.165) is 22.3 Å². The molecular weight excluding hydrogens is 737 g/mol. The second-order valence-corrected chi connectivity index (χ2v) is 13.5. The second kappa shape index (κ2) is 25.0. The first kappa shape index (κ1) is 43.6. The summed E-state index contributed by atoms with van der Waals surface area (Å²) >= 11 is 0. The first-order chi connectivity index (χ1) is 28.5. The molecule has 0 spiro atoms. The number of benzene rings is 4. The average molecular weight is 789 g/mol. The SMILES string of the molecule is CC(=O)N[C@@H]1[C@@H](OCc2ccccc2)[C@@H](OCc2ccccc2)[C@@H](COCc2ccccc2)O[C@@H]1C#CC#CCOCCOCCN(C)C(=O)OCc1ccccc1. The predicted molar refractivity (Wildman–Crippen MR) is 219 cm³/mol. The first-order valence-corrected chi connectivity index (χ1v) is 19.4. The fourth-order valence-corrected chi connectivity index (χ4v) is 6.04. The molecule has 304 valence electrons. The van der Waals surface area contributed by atoms with Gasteiger partial charge in [0.15, 0.2) is 0 Å². The Balaban J connectivity index is 1.18. The molecule has 4 aromatic carbocycles. The molecule has 0 radical (unpaired) electrons. The smallest absolute Gasteiger partial charge is 0.409 e. The lowest BCUT2D eigenvalue weighted by Gasteiger charge is -2.45. The summed E-state index contributed by atoms with van der Waals surface area (Å²) in [5.74, 6) is 11.5. The van der Waals surface area contributed by atoms with E-state index in [0.29, 0.717) is 39.6 Å². The molecule has 11 heteroatoms. The maximum Gasteiger partial charge on any atom is 0.409 e. The maximum atomic E-state index is 12.6. The zero-order valence-corrected chi connectivity index (χ0v) is 33.1.